The number of fused-ring (bicyclic) bond motifs is 3. The zero-order valence-corrected chi connectivity index (χ0v) is 16.4. The highest BCUT2D eigenvalue weighted by Gasteiger charge is 2.24. The molecular formula is C20H27N3S. The molecule has 0 radical (unpaired) electrons. The lowest BCUT2D eigenvalue weighted by molar-refractivity contribution is 0.536. The quantitative estimate of drug-likeness (QED) is 0.669. The Labute approximate surface area is 149 Å². The molecule has 0 saturated heterocycles. The maximum atomic E-state index is 5.06. The molecule has 0 fully saturated rings. The van der Waals surface area contributed by atoms with Gasteiger partial charge in [0.15, 0.2) is 0 Å². The highest BCUT2D eigenvalue weighted by Crippen LogP contribution is 2.31. The summed E-state index contributed by atoms with van der Waals surface area (Å²) in [7, 11) is 0. The molecule has 0 aliphatic carbocycles. The number of rotatable bonds is 2. The van der Waals surface area contributed by atoms with Crippen LogP contribution < -0.4 is 0 Å². The Kier molecular flexibility index (Phi) is 4.15. The lowest BCUT2D eigenvalue weighted by atomic mass is 9.86. The molecular weight excluding hydrogens is 314 g/mol. The predicted molar refractivity (Wildman–Crippen MR) is 105 cm³/mol. The van der Waals surface area contributed by atoms with Crippen molar-refractivity contribution in [3.8, 4) is 0 Å². The Morgan fingerprint density at radius 2 is 1.75 bits per heavy atom. The molecule has 0 saturated carbocycles. The molecule has 4 heteroatoms. The first-order valence-corrected chi connectivity index (χ1v) is 9.18. The summed E-state index contributed by atoms with van der Waals surface area (Å²) >= 11 is 4.40. The molecule has 0 aliphatic heterocycles. The molecule has 0 amide bonds. The molecule has 1 aromatic carbocycles. The third-order valence-corrected chi connectivity index (χ3v) is 4.64. The SMILES string of the molecule is CC(C)(C)c1ccc2c(c1)nc(C(C)(C)C)n1c(CCS)cnc21. The number of aromatic nitrogens is 3. The molecule has 2 aromatic heterocycles. The van der Waals surface area contributed by atoms with Gasteiger partial charge in [-0.2, -0.15) is 12.6 Å². The first-order chi connectivity index (χ1) is 11.1. The van der Waals surface area contributed by atoms with Crippen LogP contribution in [-0.4, -0.2) is 20.1 Å². The topological polar surface area (TPSA) is 30.2 Å². The van der Waals surface area contributed by atoms with Gasteiger partial charge in [0.05, 0.1) is 5.52 Å². The molecule has 0 unspecified atom stereocenters. The van der Waals surface area contributed by atoms with E-state index in [0.29, 0.717) is 0 Å². The molecule has 3 nitrogen and oxygen atoms in total. The molecule has 0 spiro atoms. The van der Waals surface area contributed by atoms with Crippen LogP contribution >= 0.6 is 12.6 Å². The minimum atomic E-state index is -0.0593. The smallest absolute Gasteiger partial charge is 0.147 e. The van der Waals surface area contributed by atoms with Crippen molar-refractivity contribution in [3.05, 3.63) is 41.5 Å². The van der Waals surface area contributed by atoms with Gasteiger partial charge in [-0.3, -0.25) is 4.40 Å². The average molecular weight is 342 g/mol. The minimum Gasteiger partial charge on any atom is -0.284 e. The molecule has 0 N–H and O–H groups in total. The van der Waals surface area contributed by atoms with Crippen molar-refractivity contribution in [3.63, 3.8) is 0 Å². The largest absolute Gasteiger partial charge is 0.284 e. The zero-order valence-electron chi connectivity index (χ0n) is 15.5. The Morgan fingerprint density at radius 1 is 1.04 bits per heavy atom. The Morgan fingerprint density at radius 3 is 2.33 bits per heavy atom. The molecule has 0 atom stereocenters. The number of imidazole rings is 1. The van der Waals surface area contributed by atoms with Crippen LogP contribution in [-0.2, 0) is 17.3 Å². The van der Waals surface area contributed by atoms with E-state index in [-0.39, 0.29) is 10.8 Å². The van der Waals surface area contributed by atoms with Crippen molar-refractivity contribution in [2.24, 2.45) is 0 Å². The van der Waals surface area contributed by atoms with E-state index in [1.807, 2.05) is 6.20 Å². The van der Waals surface area contributed by atoms with Gasteiger partial charge >= 0.3 is 0 Å². The normalized spacial score (nSPS) is 13.1. The van der Waals surface area contributed by atoms with Crippen LogP contribution in [0.2, 0.25) is 0 Å². The summed E-state index contributed by atoms with van der Waals surface area (Å²) in [4.78, 5) is 9.78. The summed E-state index contributed by atoms with van der Waals surface area (Å²) in [6.07, 6.45) is 2.86. The monoisotopic (exact) mass is 341 g/mol. The van der Waals surface area contributed by atoms with Crippen molar-refractivity contribution in [2.45, 2.75) is 58.8 Å². The number of thiol groups is 1. The summed E-state index contributed by atoms with van der Waals surface area (Å²) in [5, 5.41) is 1.11. The third kappa shape index (κ3) is 2.92. The average Bonchev–Trinajstić information content (AvgIpc) is 2.88. The Bertz CT molecular complexity index is 895. The van der Waals surface area contributed by atoms with Gasteiger partial charge in [0, 0.05) is 22.7 Å². The standard InChI is InChI=1S/C20H27N3S/c1-19(2,3)13-7-8-15-16(11-13)22-18(20(4,5)6)23-14(9-10-24)12-21-17(15)23/h7-8,11-12,24H,9-10H2,1-6H3. The second-order valence-corrected chi connectivity index (χ2v) is 9.00. The first kappa shape index (κ1) is 17.3. The summed E-state index contributed by atoms with van der Waals surface area (Å²) in [5.41, 5.74) is 4.56. The van der Waals surface area contributed by atoms with Crippen LogP contribution in [0.3, 0.4) is 0 Å². The number of benzene rings is 1. The van der Waals surface area contributed by atoms with Crippen LogP contribution in [0.25, 0.3) is 16.6 Å². The van der Waals surface area contributed by atoms with Crippen molar-refractivity contribution < 1.29 is 0 Å². The highest BCUT2D eigenvalue weighted by molar-refractivity contribution is 7.80. The number of nitrogens with zero attached hydrogens (tertiary/aromatic N) is 3. The molecule has 3 rings (SSSR count). The second-order valence-electron chi connectivity index (χ2n) is 8.55. The molecule has 0 bridgehead atoms. The van der Waals surface area contributed by atoms with Gasteiger partial charge < -0.3 is 0 Å². The van der Waals surface area contributed by atoms with Gasteiger partial charge in [-0.15, -0.1) is 0 Å². The highest BCUT2D eigenvalue weighted by atomic mass is 32.1. The van der Waals surface area contributed by atoms with Crippen LogP contribution in [0.4, 0.5) is 0 Å². The fraction of sp³-hybridized carbons (Fsp3) is 0.500. The second kappa shape index (κ2) is 5.76. The molecule has 0 aliphatic rings. The maximum Gasteiger partial charge on any atom is 0.147 e. The number of hydrogen-bond donors (Lipinski definition) is 1. The zero-order chi connectivity index (χ0) is 17.7. The van der Waals surface area contributed by atoms with Gasteiger partial charge in [0.2, 0.25) is 0 Å². The van der Waals surface area contributed by atoms with E-state index >= 15 is 0 Å². The lowest BCUT2D eigenvalue weighted by Crippen LogP contribution is -2.20. The van der Waals surface area contributed by atoms with Crippen LogP contribution in [0.15, 0.2) is 24.4 Å². The minimum absolute atomic E-state index is 0.0593. The van der Waals surface area contributed by atoms with E-state index in [0.717, 1.165) is 34.5 Å². The van der Waals surface area contributed by atoms with E-state index in [2.05, 4.69) is 76.8 Å². The Balaban J connectivity index is 2.40. The van der Waals surface area contributed by atoms with E-state index in [1.54, 1.807) is 0 Å². The molecule has 2 heterocycles. The molecule has 24 heavy (non-hydrogen) atoms. The summed E-state index contributed by atoms with van der Waals surface area (Å²) in [6.45, 7) is 13.3. The van der Waals surface area contributed by atoms with Crippen molar-refractivity contribution in [1.82, 2.24) is 14.4 Å². The van der Waals surface area contributed by atoms with E-state index in [4.69, 9.17) is 9.97 Å². The van der Waals surface area contributed by atoms with Gasteiger partial charge in [-0.05, 0) is 35.3 Å². The van der Waals surface area contributed by atoms with Crippen molar-refractivity contribution >= 4 is 29.2 Å². The van der Waals surface area contributed by atoms with Gasteiger partial charge in [-0.25, -0.2) is 9.97 Å². The first-order valence-electron chi connectivity index (χ1n) is 8.55. The third-order valence-electron chi connectivity index (χ3n) is 4.42. The summed E-state index contributed by atoms with van der Waals surface area (Å²) < 4.78 is 2.23. The lowest BCUT2D eigenvalue weighted by Gasteiger charge is -2.23. The number of hydrogen-bond acceptors (Lipinski definition) is 3. The molecule has 3 aromatic rings. The van der Waals surface area contributed by atoms with Gasteiger partial charge in [0.25, 0.3) is 0 Å². The van der Waals surface area contributed by atoms with E-state index in [1.165, 1.54) is 11.3 Å². The van der Waals surface area contributed by atoms with Gasteiger partial charge in [0.1, 0.15) is 11.5 Å². The van der Waals surface area contributed by atoms with E-state index < -0.39 is 0 Å². The Hall–Kier alpha value is -1.55. The van der Waals surface area contributed by atoms with Gasteiger partial charge in [-0.1, -0.05) is 47.6 Å². The maximum absolute atomic E-state index is 5.06. The van der Waals surface area contributed by atoms with Crippen LogP contribution in [0.1, 0.15) is 58.6 Å². The fourth-order valence-corrected chi connectivity index (χ4v) is 3.28. The summed E-state index contributed by atoms with van der Waals surface area (Å²) in [6, 6.07) is 6.59. The molecule has 128 valence electrons. The fourth-order valence-electron chi connectivity index (χ4n) is 3.05. The van der Waals surface area contributed by atoms with E-state index in [9.17, 15) is 0 Å². The van der Waals surface area contributed by atoms with Crippen molar-refractivity contribution in [2.75, 3.05) is 5.75 Å². The van der Waals surface area contributed by atoms with Crippen molar-refractivity contribution in [1.29, 1.82) is 0 Å². The van der Waals surface area contributed by atoms with Crippen LogP contribution in [0, 0.1) is 0 Å². The van der Waals surface area contributed by atoms with Crippen LogP contribution in [0.5, 0.6) is 0 Å². The number of aryl methyl sites for hydroxylation is 1. The predicted octanol–water partition coefficient (Wildman–Crippen LogP) is 4.95. The summed E-state index contributed by atoms with van der Waals surface area (Å²) in [5.74, 6) is 1.86.